The number of nitrogens with zero attached hydrogens (tertiary/aromatic N) is 3. The van der Waals surface area contributed by atoms with Crippen LogP contribution in [0.25, 0.3) is 0 Å². The molecule has 0 N–H and O–H groups in total. The first kappa shape index (κ1) is 10.3. The molecule has 0 amide bonds. The normalized spacial score (nSPS) is 11.8. The third kappa shape index (κ3) is 1.91. The summed E-state index contributed by atoms with van der Waals surface area (Å²) in [7, 11) is 0. The van der Waals surface area contributed by atoms with Gasteiger partial charge >= 0.3 is 0 Å². The molecular weight excluding hydrogens is 198 g/mol. The van der Waals surface area contributed by atoms with Crippen LogP contribution in [-0.4, -0.2) is 9.97 Å². The zero-order chi connectivity index (χ0) is 11.4. The minimum atomic E-state index is 0.0875. The van der Waals surface area contributed by atoms with Crippen molar-refractivity contribution in [2.75, 3.05) is 0 Å². The van der Waals surface area contributed by atoms with Crippen molar-refractivity contribution >= 4 is 0 Å². The Morgan fingerprint density at radius 1 is 1.25 bits per heavy atom. The molecule has 1 unspecified atom stereocenters. The van der Waals surface area contributed by atoms with Gasteiger partial charge in [0.25, 0.3) is 0 Å². The zero-order valence-corrected chi connectivity index (χ0v) is 8.96. The SMILES string of the molecule is CC(c1ccccn1)c1cnccc1C#N. The van der Waals surface area contributed by atoms with Crippen LogP contribution >= 0.6 is 0 Å². The summed E-state index contributed by atoms with van der Waals surface area (Å²) in [5.41, 5.74) is 2.53. The van der Waals surface area contributed by atoms with Crippen LogP contribution < -0.4 is 0 Å². The minimum absolute atomic E-state index is 0.0875. The van der Waals surface area contributed by atoms with E-state index in [1.165, 1.54) is 0 Å². The summed E-state index contributed by atoms with van der Waals surface area (Å²) < 4.78 is 0. The van der Waals surface area contributed by atoms with Gasteiger partial charge in [-0.15, -0.1) is 0 Å². The molecule has 0 saturated heterocycles. The van der Waals surface area contributed by atoms with Gasteiger partial charge in [0.15, 0.2) is 0 Å². The molecule has 2 rings (SSSR count). The molecule has 0 aliphatic rings. The first-order chi connectivity index (χ1) is 7.83. The van der Waals surface area contributed by atoms with Crippen LogP contribution in [0.2, 0.25) is 0 Å². The van der Waals surface area contributed by atoms with Crippen molar-refractivity contribution in [2.24, 2.45) is 0 Å². The molecule has 0 aliphatic carbocycles. The van der Waals surface area contributed by atoms with Crippen LogP contribution in [0.15, 0.2) is 42.9 Å². The predicted octanol–water partition coefficient (Wildman–Crippen LogP) is 2.50. The van der Waals surface area contributed by atoms with Crippen molar-refractivity contribution in [1.29, 1.82) is 5.26 Å². The van der Waals surface area contributed by atoms with Crippen LogP contribution in [0.5, 0.6) is 0 Å². The van der Waals surface area contributed by atoms with Gasteiger partial charge in [-0.3, -0.25) is 9.97 Å². The number of pyridine rings is 2. The first-order valence-corrected chi connectivity index (χ1v) is 5.08. The molecule has 2 aromatic heterocycles. The van der Waals surface area contributed by atoms with E-state index in [0.29, 0.717) is 5.56 Å². The van der Waals surface area contributed by atoms with Crippen molar-refractivity contribution in [3.8, 4) is 6.07 Å². The maximum absolute atomic E-state index is 9.02. The molecule has 0 aromatic carbocycles. The van der Waals surface area contributed by atoms with Crippen LogP contribution in [0.1, 0.15) is 29.7 Å². The summed E-state index contributed by atoms with van der Waals surface area (Å²) in [4.78, 5) is 8.35. The van der Waals surface area contributed by atoms with E-state index in [9.17, 15) is 0 Å². The second-order valence-electron chi connectivity index (χ2n) is 3.55. The molecule has 0 radical (unpaired) electrons. The Morgan fingerprint density at radius 3 is 2.81 bits per heavy atom. The molecule has 0 spiro atoms. The highest BCUT2D eigenvalue weighted by Gasteiger charge is 2.13. The number of nitriles is 1. The Labute approximate surface area is 94.4 Å². The average molecular weight is 209 g/mol. The summed E-state index contributed by atoms with van der Waals surface area (Å²) in [5.74, 6) is 0.0875. The fourth-order valence-electron chi connectivity index (χ4n) is 1.64. The van der Waals surface area contributed by atoms with E-state index in [4.69, 9.17) is 5.26 Å². The molecule has 0 fully saturated rings. The van der Waals surface area contributed by atoms with Gasteiger partial charge in [-0.2, -0.15) is 5.26 Å². The van der Waals surface area contributed by atoms with E-state index in [0.717, 1.165) is 11.3 Å². The van der Waals surface area contributed by atoms with Crippen LogP contribution in [-0.2, 0) is 0 Å². The number of hydrogen-bond donors (Lipinski definition) is 0. The lowest BCUT2D eigenvalue weighted by Crippen LogP contribution is -2.01. The maximum atomic E-state index is 9.02. The average Bonchev–Trinajstić information content (AvgIpc) is 2.39. The smallest absolute Gasteiger partial charge is 0.0995 e. The number of rotatable bonds is 2. The summed E-state index contributed by atoms with van der Waals surface area (Å²) in [6.45, 7) is 2.03. The van der Waals surface area contributed by atoms with Gasteiger partial charge in [0.1, 0.15) is 0 Å². The monoisotopic (exact) mass is 209 g/mol. The molecule has 16 heavy (non-hydrogen) atoms. The molecule has 78 valence electrons. The van der Waals surface area contributed by atoms with E-state index in [1.807, 2.05) is 25.1 Å². The lowest BCUT2D eigenvalue weighted by atomic mass is 9.95. The van der Waals surface area contributed by atoms with Gasteiger partial charge in [0, 0.05) is 30.2 Å². The van der Waals surface area contributed by atoms with Crippen LogP contribution in [0.3, 0.4) is 0 Å². The molecular formula is C13H11N3. The Bertz CT molecular complexity index is 514. The Kier molecular flexibility index (Phi) is 2.93. The number of hydrogen-bond acceptors (Lipinski definition) is 3. The summed E-state index contributed by atoms with van der Waals surface area (Å²) in [5, 5.41) is 9.02. The van der Waals surface area contributed by atoms with Crippen molar-refractivity contribution in [1.82, 2.24) is 9.97 Å². The first-order valence-electron chi connectivity index (χ1n) is 5.08. The highest BCUT2D eigenvalue weighted by molar-refractivity contribution is 5.40. The Balaban J connectivity index is 2.42. The third-order valence-electron chi connectivity index (χ3n) is 2.57. The predicted molar refractivity (Wildman–Crippen MR) is 60.7 cm³/mol. The van der Waals surface area contributed by atoms with Gasteiger partial charge in [-0.25, -0.2) is 0 Å². The van der Waals surface area contributed by atoms with Gasteiger partial charge in [-0.1, -0.05) is 13.0 Å². The molecule has 0 bridgehead atoms. The lowest BCUT2D eigenvalue weighted by Gasteiger charge is -2.11. The second kappa shape index (κ2) is 4.54. The van der Waals surface area contributed by atoms with Gasteiger partial charge < -0.3 is 0 Å². The van der Waals surface area contributed by atoms with E-state index < -0.39 is 0 Å². The van der Waals surface area contributed by atoms with Crippen molar-refractivity contribution in [2.45, 2.75) is 12.8 Å². The van der Waals surface area contributed by atoms with Gasteiger partial charge in [0.05, 0.1) is 11.6 Å². The third-order valence-corrected chi connectivity index (χ3v) is 2.57. The largest absolute Gasteiger partial charge is 0.264 e. The van der Waals surface area contributed by atoms with Crippen molar-refractivity contribution in [3.05, 3.63) is 59.7 Å². The van der Waals surface area contributed by atoms with Crippen LogP contribution in [0, 0.1) is 11.3 Å². The van der Waals surface area contributed by atoms with E-state index in [1.54, 1.807) is 24.7 Å². The van der Waals surface area contributed by atoms with Crippen molar-refractivity contribution in [3.63, 3.8) is 0 Å². The fraction of sp³-hybridized carbons (Fsp3) is 0.154. The summed E-state index contributed by atoms with van der Waals surface area (Å²) in [6.07, 6.45) is 5.12. The molecule has 2 aromatic rings. The van der Waals surface area contributed by atoms with Crippen molar-refractivity contribution < 1.29 is 0 Å². The molecule has 0 aliphatic heterocycles. The van der Waals surface area contributed by atoms with E-state index >= 15 is 0 Å². The molecule has 2 heterocycles. The number of aromatic nitrogens is 2. The standard InChI is InChI=1S/C13H11N3/c1-10(13-4-2-3-6-16-13)12-9-15-7-5-11(12)8-14/h2-7,9-10H,1H3. The Morgan fingerprint density at radius 2 is 2.12 bits per heavy atom. The second-order valence-corrected chi connectivity index (χ2v) is 3.55. The van der Waals surface area contributed by atoms with Gasteiger partial charge in [-0.05, 0) is 23.8 Å². The van der Waals surface area contributed by atoms with E-state index in [2.05, 4.69) is 16.0 Å². The minimum Gasteiger partial charge on any atom is -0.264 e. The lowest BCUT2D eigenvalue weighted by molar-refractivity contribution is 0.860. The molecule has 3 nitrogen and oxygen atoms in total. The zero-order valence-electron chi connectivity index (χ0n) is 8.96. The maximum Gasteiger partial charge on any atom is 0.0995 e. The summed E-state index contributed by atoms with van der Waals surface area (Å²) >= 11 is 0. The van der Waals surface area contributed by atoms with Gasteiger partial charge in [0.2, 0.25) is 0 Å². The quantitative estimate of drug-likeness (QED) is 0.763. The molecule has 0 saturated carbocycles. The Hall–Kier alpha value is -2.21. The van der Waals surface area contributed by atoms with E-state index in [-0.39, 0.29) is 5.92 Å². The topological polar surface area (TPSA) is 49.6 Å². The highest BCUT2D eigenvalue weighted by atomic mass is 14.7. The summed E-state index contributed by atoms with van der Waals surface area (Å²) in [6, 6.07) is 9.69. The molecule has 1 atom stereocenters. The van der Waals surface area contributed by atoms with Crippen LogP contribution in [0.4, 0.5) is 0 Å². The molecule has 3 heteroatoms. The highest BCUT2D eigenvalue weighted by Crippen LogP contribution is 2.23. The fourth-order valence-corrected chi connectivity index (χ4v) is 1.64.